The minimum absolute atomic E-state index is 0.0290. The van der Waals surface area contributed by atoms with Gasteiger partial charge in [0, 0.05) is 10.8 Å². The highest BCUT2D eigenvalue weighted by Gasteiger charge is 2.31. The maximum absolute atomic E-state index is 12.8. The molecule has 1 aromatic heterocycles. The second kappa shape index (κ2) is 7.51. The molecule has 2 aromatic carbocycles. The van der Waals surface area contributed by atoms with Crippen LogP contribution in [0.5, 0.6) is 0 Å². The summed E-state index contributed by atoms with van der Waals surface area (Å²) < 4.78 is 38.3. The number of halogens is 4. The molecule has 4 nitrogen and oxygen atoms in total. The summed E-state index contributed by atoms with van der Waals surface area (Å²) in [7, 11) is 0. The fraction of sp³-hybridized carbons (Fsp3) is 0.118. The van der Waals surface area contributed by atoms with Crippen LogP contribution in [0.3, 0.4) is 0 Å². The number of carbonyl (C=O) groups excluding carboxylic acids is 1. The highest BCUT2D eigenvalue weighted by atomic mass is 35.5. The maximum atomic E-state index is 12.8. The van der Waals surface area contributed by atoms with Crippen LogP contribution in [-0.4, -0.2) is 21.9 Å². The number of nitrogens with one attached hydrogen (secondary N) is 1. The van der Waals surface area contributed by atoms with Gasteiger partial charge in [-0.2, -0.15) is 18.3 Å². The first-order valence-corrected chi connectivity index (χ1v) is 8.71. The molecule has 1 N–H and O–H groups in total. The van der Waals surface area contributed by atoms with Gasteiger partial charge in [-0.05, 0) is 18.2 Å². The lowest BCUT2D eigenvalue weighted by Crippen LogP contribution is -2.15. The molecule has 0 saturated carbocycles. The zero-order chi connectivity index (χ0) is 18.7. The topological polar surface area (TPSA) is 54.9 Å². The molecule has 0 fully saturated rings. The third kappa shape index (κ3) is 4.25. The number of alkyl halides is 3. The molecule has 9 heteroatoms. The van der Waals surface area contributed by atoms with Gasteiger partial charge in [0.25, 0.3) is 0 Å². The molecule has 26 heavy (non-hydrogen) atoms. The second-order valence-electron chi connectivity index (χ2n) is 5.27. The molecule has 0 aliphatic rings. The lowest BCUT2D eigenvalue weighted by Gasteiger charge is -2.11. The van der Waals surface area contributed by atoms with Gasteiger partial charge in [-0.3, -0.25) is 4.79 Å². The minimum Gasteiger partial charge on any atom is -0.324 e. The number of hydrogen-bond acceptors (Lipinski definition) is 4. The maximum Gasteiger partial charge on any atom is 0.416 e. The summed E-state index contributed by atoms with van der Waals surface area (Å²) in [4.78, 5) is 12.1. The van der Waals surface area contributed by atoms with Crippen LogP contribution in [0.4, 0.5) is 18.9 Å². The summed E-state index contributed by atoms with van der Waals surface area (Å²) >= 11 is 7.02. The van der Waals surface area contributed by atoms with Gasteiger partial charge in [-0.1, -0.05) is 47.6 Å². The molecule has 0 unspecified atom stereocenters. The van der Waals surface area contributed by atoms with Gasteiger partial charge in [0.2, 0.25) is 5.91 Å². The largest absolute Gasteiger partial charge is 0.416 e. The second-order valence-corrected chi connectivity index (χ2v) is 6.64. The first-order chi connectivity index (χ1) is 12.3. The highest BCUT2D eigenvalue weighted by molar-refractivity contribution is 8.00. The number of fused-ring (bicyclic) bond motifs is 1. The van der Waals surface area contributed by atoms with E-state index in [2.05, 4.69) is 15.5 Å². The number of anilines is 1. The van der Waals surface area contributed by atoms with Gasteiger partial charge in [0.1, 0.15) is 5.03 Å². The molecule has 134 valence electrons. The fourth-order valence-corrected chi connectivity index (χ4v) is 3.18. The van der Waals surface area contributed by atoms with E-state index in [4.69, 9.17) is 11.6 Å². The predicted molar refractivity (Wildman–Crippen MR) is 95.3 cm³/mol. The molecule has 3 aromatic rings. The van der Waals surface area contributed by atoms with E-state index in [9.17, 15) is 18.0 Å². The summed E-state index contributed by atoms with van der Waals surface area (Å²) in [6.45, 7) is 0. The van der Waals surface area contributed by atoms with Crippen molar-refractivity contribution < 1.29 is 18.0 Å². The lowest BCUT2D eigenvalue weighted by molar-refractivity contribution is -0.137. The molecule has 1 heterocycles. The van der Waals surface area contributed by atoms with Crippen molar-refractivity contribution in [2.24, 2.45) is 0 Å². The van der Waals surface area contributed by atoms with E-state index in [-0.39, 0.29) is 16.5 Å². The van der Waals surface area contributed by atoms with Crippen LogP contribution in [0.1, 0.15) is 5.56 Å². The van der Waals surface area contributed by atoms with Crippen LogP contribution in [0.25, 0.3) is 10.8 Å². The van der Waals surface area contributed by atoms with E-state index in [1.54, 1.807) is 6.20 Å². The van der Waals surface area contributed by atoms with Gasteiger partial charge in [-0.25, -0.2) is 0 Å². The molecular weight excluding hydrogens is 387 g/mol. The summed E-state index contributed by atoms with van der Waals surface area (Å²) in [5.74, 6) is -0.541. The Balaban J connectivity index is 1.71. The summed E-state index contributed by atoms with van der Waals surface area (Å²) in [5.41, 5.74) is -0.971. The van der Waals surface area contributed by atoms with Crippen LogP contribution >= 0.6 is 23.4 Å². The Labute approximate surface area is 155 Å². The van der Waals surface area contributed by atoms with Crippen molar-refractivity contribution >= 4 is 45.7 Å². The van der Waals surface area contributed by atoms with Crippen LogP contribution in [0, 0.1) is 0 Å². The molecule has 0 atom stereocenters. The molecule has 1 amide bonds. The van der Waals surface area contributed by atoms with E-state index in [0.717, 1.165) is 40.7 Å². The Bertz CT molecular complexity index is 960. The molecule has 0 aliphatic carbocycles. The van der Waals surface area contributed by atoms with Crippen molar-refractivity contribution in [3.8, 4) is 0 Å². The van der Waals surface area contributed by atoms with Crippen molar-refractivity contribution in [2.45, 2.75) is 11.2 Å². The van der Waals surface area contributed by atoms with E-state index in [0.29, 0.717) is 5.03 Å². The molecule has 0 saturated heterocycles. The molecule has 0 aliphatic heterocycles. The average molecular weight is 398 g/mol. The van der Waals surface area contributed by atoms with Gasteiger partial charge >= 0.3 is 6.18 Å². The number of hydrogen-bond donors (Lipinski definition) is 1. The molecular formula is C17H11ClF3N3OS. The number of nitrogens with zero attached hydrogens (tertiary/aromatic N) is 2. The van der Waals surface area contributed by atoms with Crippen molar-refractivity contribution in [2.75, 3.05) is 11.1 Å². The van der Waals surface area contributed by atoms with Crippen molar-refractivity contribution in [3.05, 3.63) is 59.2 Å². The molecule has 3 rings (SSSR count). The molecule has 0 bridgehead atoms. The van der Waals surface area contributed by atoms with Gasteiger partial charge < -0.3 is 5.32 Å². The average Bonchev–Trinajstić information content (AvgIpc) is 2.61. The predicted octanol–water partition coefficient (Wildman–Crippen LogP) is 5.03. The lowest BCUT2D eigenvalue weighted by atomic mass is 10.2. The standard InChI is InChI=1S/C17H11ClF3N3OS/c18-13-6-5-11(17(19,20)21)7-14(13)23-15(25)9-26-16-12-4-2-1-3-10(12)8-22-24-16/h1-8H,9H2,(H,23,25). The first kappa shape index (κ1) is 18.5. The summed E-state index contributed by atoms with van der Waals surface area (Å²) in [5, 5.41) is 12.6. The number of benzene rings is 2. The van der Waals surface area contributed by atoms with Gasteiger partial charge in [0.15, 0.2) is 0 Å². The number of carbonyl (C=O) groups is 1. The Morgan fingerprint density at radius 2 is 1.96 bits per heavy atom. The van der Waals surface area contributed by atoms with Crippen molar-refractivity contribution in [1.29, 1.82) is 0 Å². The van der Waals surface area contributed by atoms with Gasteiger partial charge in [0.05, 0.1) is 28.2 Å². The van der Waals surface area contributed by atoms with Crippen molar-refractivity contribution in [1.82, 2.24) is 10.2 Å². The normalized spacial score (nSPS) is 11.5. The molecule has 0 spiro atoms. The zero-order valence-corrected chi connectivity index (χ0v) is 14.6. The van der Waals surface area contributed by atoms with Crippen LogP contribution < -0.4 is 5.32 Å². The monoisotopic (exact) mass is 397 g/mol. The Hall–Kier alpha value is -2.32. The fourth-order valence-electron chi connectivity index (χ4n) is 2.23. The first-order valence-electron chi connectivity index (χ1n) is 7.34. The van der Waals surface area contributed by atoms with Crippen LogP contribution in [0.15, 0.2) is 53.7 Å². The zero-order valence-electron chi connectivity index (χ0n) is 13.0. The van der Waals surface area contributed by atoms with Gasteiger partial charge in [-0.15, -0.1) is 5.10 Å². The summed E-state index contributed by atoms with van der Waals surface area (Å²) in [6.07, 6.45) is -2.90. The summed E-state index contributed by atoms with van der Waals surface area (Å²) in [6, 6.07) is 10.2. The molecule has 0 radical (unpaired) electrons. The number of thioether (sulfide) groups is 1. The highest BCUT2D eigenvalue weighted by Crippen LogP contribution is 2.34. The van der Waals surface area contributed by atoms with E-state index in [1.165, 1.54) is 0 Å². The third-order valence-corrected chi connectivity index (χ3v) is 4.76. The quantitative estimate of drug-likeness (QED) is 0.627. The van der Waals surface area contributed by atoms with E-state index >= 15 is 0 Å². The number of aromatic nitrogens is 2. The van der Waals surface area contributed by atoms with Crippen LogP contribution in [-0.2, 0) is 11.0 Å². The van der Waals surface area contributed by atoms with Crippen LogP contribution in [0.2, 0.25) is 5.02 Å². The van der Waals surface area contributed by atoms with E-state index < -0.39 is 17.6 Å². The number of amides is 1. The smallest absolute Gasteiger partial charge is 0.324 e. The Morgan fingerprint density at radius 1 is 1.19 bits per heavy atom. The minimum atomic E-state index is -4.52. The SMILES string of the molecule is O=C(CSc1nncc2ccccc12)Nc1cc(C(F)(F)F)ccc1Cl. The Kier molecular flexibility index (Phi) is 5.33. The third-order valence-electron chi connectivity index (χ3n) is 3.44. The van der Waals surface area contributed by atoms with E-state index in [1.807, 2.05) is 24.3 Å². The number of rotatable bonds is 4. The van der Waals surface area contributed by atoms with Crippen molar-refractivity contribution in [3.63, 3.8) is 0 Å². The Morgan fingerprint density at radius 3 is 2.73 bits per heavy atom.